The molecule has 0 aliphatic heterocycles. The largest absolute Gasteiger partial charge is 0.507 e. The van der Waals surface area contributed by atoms with Crippen molar-refractivity contribution in [3.63, 3.8) is 0 Å². The van der Waals surface area contributed by atoms with Crippen LogP contribution in [0.25, 0.3) is 0 Å². The van der Waals surface area contributed by atoms with Gasteiger partial charge in [-0.05, 0) is 30.3 Å². The summed E-state index contributed by atoms with van der Waals surface area (Å²) in [6.07, 6.45) is 0. The smallest absolute Gasteiger partial charge is 0.339 e. The summed E-state index contributed by atoms with van der Waals surface area (Å²) in [4.78, 5) is 22.6. The Bertz CT molecular complexity index is 641. The zero-order chi connectivity index (χ0) is 14.5. The number of carbonyl (C=O) groups is 2. The zero-order valence-corrected chi connectivity index (χ0v) is 10.3. The van der Waals surface area contributed by atoms with Gasteiger partial charge in [-0.25, -0.2) is 9.59 Å². The number of aromatic carboxylic acids is 1. The number of carbonyl (C=O) groups excluding carboxylic acids is 1. The molecule has 0 spiro atoms. The quantitative estimate of drug-likeness (QED) is 0.645. The number of carboxylic acid groups (broad SMARTS) is 1. The number of carboxylic acids is 1. The van der Waals surface area contributed by atoms with E-state index in [2.05, 4.69) is 10.6 Å². The van der Waals surface area contributed by atoms with Gasteiger partial charge < -0.3 is 20.8 Å². The number of nitrogens with one attached hydrogen (secondary N) is 2. The van der Waals surface area contributed by atoms with Crippen LogP contribution >= 0.6 is 0 Å². The lowest BCUT2D eigenvalue weighted by molar-refractivity contribution is 0.0693. The molecule has 0 fully saturated rings. The van der Waals surface area contributed by atoms with E-state index >= 15 is 0 Å². The summed E-state index contributed by atoms with van der Waals surface area (Å²) in [5.74, 6) is -1.62. The van der Waals surface area contributed by atoms with E-state index in [9.17, 15) is 14.7 Å². The Labute approximate surface area is 114 Å². The molecular formula is C14H12N2O4. The molecule has 2 aromatic rings. The summed E-state index contributed by atoms with van der Waals surface area (Å²) in [6.45, 7) is 0. The highest BCUT2D eigenvalue weighted by atomic mass is 16.4. The summed E-state index contributed by atoms with van der Waals surface area (Å²) in [6, 6.07) is 12.1. The number of hydrogen-bond donors (Lipinski definition) is 4. The Hall–Kier alpha value is -3.02. The van der Waals surface area contributed by atoms with E-state index in [0.717, 1.165) is 0 Å². The Morgan fingerprint density at radius 2 is 1.55 bits per heavy atom. The molecule has 0 bridgehead atoms. The minimum absolute atomic E-state index is 0.272. The van der Waals surface area contributed by atoms with Crippen molar-refractivity contribution >= 4 is 23.4 Å². The third kappa shape index (κ3) is 3.26. The van der Waals surface area contributed by atoms with Crippen molar-refractivity contribution in [1.82, 2.24) is 0 Å². The van der Waals surface area contributed by atoms with Crippen LogP contribution in [0.5, 0.6) is 5.75 Å². The maximum absolute atomic E-state index is 11.7. The number of rotatable bonds is 3. The van der Waals surface area contributed by atoms with Gasteiger partial charge in [-0.15, -0.1) is 0 Å². The molecule has 0 aromatic heterocycles. The molecule has 0 atom stereocenters. The fourth-order valence-electron chi connectivity index (χ4n) is 1.60. The molecule has 20 heavy (non-hydrogen) atoms. The van der Waals surface area contributed by atoms with Gasteiger partial charge in [0.05, 0.1) is 0 Å². The number of hydrogen-bond acceptors (Lipinski definition) is 3. The maximum atomic E-state index is 11.7. The van der Waals surface area contributed by atoms with Crippen molar-refractivity contribution in [2.75, 3.05) is 10.6 Å². The fourth-order valence-corrected chi connectivity index (χ4v) is 1.60. The van der Waals surface area contributed by atoms with Crippen molar-refractivity contribution in [1.29, 1.82) is 0 Å². The van der Waals surface area contributed by atoms with Gasteiger partial charge in [-0.2, -0.15) is 0 Å². The number of urea groups is 1. The topological polar surface area (TPSA) is 98.7 Å². The average molecular weight is 272 g/mol. The molecule has 0 unspecified atom stereocenters. The molecule has 0 aliphatic rings. The Kier molecular flexibility index (Phi) is 3.85. The van der Waals surface area contributed by atoms with Crippen LogP contribution in [0, 0.1) is 0 Å². The van der Waals surface area contributed by atoms with Crippen LogP contribution < -0.4 is 10.6 Å². The molecule has 0 saturated heterocycles. The number of para-hydroxylation sites is 1. The molecule has 0 aliphatic carbocycles. The van der Waals surface area contributed by atoms with Gasteiger partial charge in [-0.3, -0.25) is 0 Å². The fraction of sp³-hybridized carbons (Fsp3) is 0. The summed E-state index contributed by atoms with van der Waals surface area (Å²) in [7, 11) is 0. The van der Waals surface area contributed by atoms with E-state index in [0.29, 0.717) is 5.69 Å². The van der Waals surface area contributed by atoms with Crippen LogP contribution in [0.2, 0.25) is 0 Å². The first kappa shape index (κ1) is 13.4. The van der Waals surface area contributed by atoms with E-state index in [1.54, 1.807) is 24.3 Å². The highest BCUT2D eigenvalue weighted by molar-refractivity contribution is 6.01. The number of benzene rings is 2. The lowest BCUT2D eigenvalue weighted by Gasteiger charge is -2.08. The first-order valence-electron chi connectivity index (χ1n) is 5.75. The van der Waals surface area contributed by atoms with Crippen LogP contribution in [-0.2, 0) is 0 Å². The van der Waals surface area contributed by atoms with Gasteiger partial charge in [-0.1, -0.05) is 18.2 Å². The summed E-state index contributed by atoms with van der Waals surface area (Å²) in [5, 5.41) is 23.3. The number of aromatic hydroxyl groups is 1. The maximum Gasteiger partial charge on any atom is 0.339 e. The third-order valence-electron chi connectivity index (χ3n) is 2.52. The highest BCUT2D eigenvalue weighted by Gasteiger charge is 2.11. The summed E-state index contributed by atoms with van der Waals surface area (Å²) < 4.78 is 0. The standard InChI is InChI=1S/C14H12N2O4/c17-12-7-6-10(8-11(12)13(18)19)16-14(20)15-9-4-2-1-3-5-9/h1-8,17H,(H,18,19)(H2,15,16,20). The highest BCUT2D eigenvalue weighted by Crippen LogP contribution is 2.21. The number of anilines is 2. The van der Waals surface area contributed by atoms with E-state index in [-0.39, 0.29) is 17.0 Å². The van der Waals surface area contributed by atoms with Crippen LogP contribution in [0.3, 0.4) is 0 Å². The van der Waals surface area contributed by atoms with Crippen LogP contribution in [0.4, 0.5) is 16.2 Å². The van der Waals surface area contributed by atoms with Gasteiger partial charge in [0.2, 0.25) is 0 Å². The van der Waals surface area contributed by atoms with E-state index in [1.165, 1.54) is 18.2 Å². The van der Waals surface area contributed by atoms with Gasteiger partial charge in [0.1, 0.15) is 11.3 Å². The molecule has 0 radical (unpaired) electrons. The Morgan fingerprint density at radius 1 is 0.900 bits per heavy atom. The molecule has 2 rings (SSSR count). The molecule has 6 heteroatoms. The van der Waals surface area contributed by atoms with Gasteiger partial charge in [0, 0.05) is 11.4 Å². The number of amides is 2. The first-order valence-corrected chi connectivity index (χ1v) is 5.75. The molecule has 102 valence electrons. The predicted octanol–water partition coefficient (Wildman–Crippen LogP) is 2.73. The van der Waals surface area contributed by atoms with Gasteiger partial charge in [0.15, 0.2) is 0 Å². The first-order chi connectivity index (χ1) is 9.56. The van der Waals surface area contributed by atoms with E-state index in [1.807, 2.05) is 6.07 Å². The lowest BCUT2D eigenvalue weighted by Crippen LogP contribution is -2.19. The van der Waals surface area contributed by atoms with Crippen LogP contribution in [0.1, 0.15) is 10.4 Å². The van der Waals surface area contributed by atoms with Gasteiger partial charge in [0.25, 0.3) is 0 Å². The second-order valence-electron chi connectivity index (χ2n) is 3.98. The molecular weight excluding hydrogens is 260 g/mol. The molecule has 2 aromatic carbocycles. The molecule has 0 saturated carbocycles. The van der Waals surface area contributed by atoms with Crippen molar-refractivity contribution in [3.8, 4) is 5.75 Å². The second-order valence-corrected chi connectivity index (χ2v) is 3.98. The lowest BCUT2D eigenvalue weighted by atomic mass is 10.2. The van der Waals surface area contributed by atoms with Gasteiger partial charge >= 0.3 is 12.0 Å². The second kappa shape index (κ2) is 5.75. The minimum Gasteiger partial charge on any atom is -0.507 e. The van der Waals surface area contributed by atoms with Crippen molar-refractivity contribution < 1.29 is 19.8 Å². The SMILES string of the molecule is O=C(Nc1ccccc1)Nc1ccc(O)c(C(=O)O)c1. The summed E-state index contributed by atoms with van der Waals surface area (Å²) in [5.41, 5.74) is 0.610. The van der Waals surface area contributed by atoms with Crippen molar-refractivity contribution in [2.45, 2.75) is 0 Å². The molecule has 2 amide bonds. The Morgan fingerprint density at radius 3 is 2.20 bits per heavy atom. The van der Waals surface area contributed by atoms with Crippen molar-refractivity contribution in [2.24, 2.45) is 0 Å². The summed E-state index contributed by atoms with van der Waals surface area (Å²) >= 11 is 0. The predicted molar refractivity (Wildman–Crippen MR) is 74.1 cm³/mol. The monoisotopic (exact) mass is 272 g/mol. The minimum atomic E-state index is -1.27. The van der Waals surface area contributed by atoms with Crippen LogP contribution in [0.15, 0.2) is 48.5 Å². The molecule has 4 N–H and O–H groups in total. The normalized spacial score (nSPS) is 9.80. The molecule has 6 nitrogen and oxygen atoms in total. The van der Waals surface area contributed by atoms with E-state index < -0.39 is 12.0 Å². The number of phenols is 1. The van der Waals surface area contributed by atoms with Crippen molar-refractivity contribution in [3.05, 3.63) is 54.1 Å². The average Bonchev–Trinajstić information content (AvgIpc) is 2.41. The van der Waals surface area contributed by atoms with Crippen LogP contribution in [-0.4, -0.2) is 22.2 Å². The molecule has 0 heterocycles. The zero-order valence-electron chi connectivity index (χ0n) is 10.3. The Balaban J connectivity index is 2.08. The van der Waals surface area contributed by atoms with E-state index in [4.69, 9.17) is 5.11 Å². The third-order valence-corrected chi connectivity index (χ3v) is 2.52.